The van der Waals surface area contributed by atoms with E-state index in [-0.39, 0.29) is 0 Å². The zero-order chi connectivity index (χ0) is 12.3. The zero-order valence-corrected chi connectivity index (χ0v) is 11.8. The Labute approximate surface area is 112 Å². The molecule has 1 atom stereocenters. The van der Waals surface area contributed by atoms with Crippen molar-refractivity contribution in [1.82, 2.24) is 5.32 Å². The van der Waals surface area contributed by atoms with Crippen LogP contribution in [0.5, 0.6) is 0 Å². The highest BCUT2D eigenvalue weighted by atomic mass is 79.9. The van der Waals surface area contributed by atoms with Gasteiger partial charge in [-0.3, -0.25) is 0 Å². The molecule has 1 aliphatic rings. The van der Waals surface area contributed by atoms with Gasteiger partial charge in [0, 0.05) is 11.0 Å². The Morgan fingerprint density at radius 1 is 1.35 bits per heavy atom. The highest BCUT2D eigenvalue weighted by molar-refractivity contribution is 9.10. The lowest BCUT2D eigenvalue weighted by Crippen LogP contribution is -2.38. The van der Waals surface area contributed by atoms with Crippen molar-refractivity contribution < 1.29 is 5.11 Å². The van der Waals surface area contributed by atoms with Crippen LogP contribution in [-0.2, 0) is 5.60 Å². The first kappa shape index (κ1) is 13.1. The summed E-state index contributed by atoms with van der Waals surface area (Å²) in [6, 6.07) is 7.95. The molecule has 1 fully saturated rings. The second kappa shape index (κ2) is 5.51. The molecule has 0 heterocycles. The Morgan fingerprint density at radius 2 is 2.00 bits per heavy atom. The number of nitrogens with one attached hydrogen (secondary N) is 1. The average molecular weight is 298 g/mol. The second-order valence-electron chi connectivity index (χ2n) is 4.97. The van der Waals surface area contributed by atoms with Gasteiger partial charge in [0.25, 0.3) is 0 Å². The van der Waals surface area contributed by atoms with E-state index in [1.54, 1.807) is 0 Å². The van der Waals surface area contributed by atoms with Crippen LogP contribution < -0.4 is 5.32 Å². The number of hydrogen-bond acceptors (Lipinski definition) is 2. The van der Waals surface area contributed by atoms with E-state index in [9.17, 15) is 5.11 Å². The molecule has 0 aromatic heterocycles. The highest BCUT2D eigenvalue weighted by Gasteiger charge is 2.28. The van der Waals surface area contributed by atoms with Gasteiger partial charge >= 0.3 is 0 Å². The van der Waals surface area contributed by atoms with Crippen LogP contribution in [0.2, 0.25) is 0 Å². The number of benzene rings is 1. The third kappa shape index (κ3) is 3.54. The molecule has 1 saturated carbocycles. The number of aliphatic hydroxyl groups is 1. The fourth-order valence-corrected chi connectivity index (χ4v) is 2.26. The highest BCUT2D eigenvalue weighted by Crippen LogP contribution is 2.29. The number of hydrogen-bond donors (Lipinski definition) is 2. The molecule has 0 bridgehead atoms. The molecule has 0 radical (unpaired) electrons. The van der Waals surface area contributed by atoms with E-state index >= 15 is 0 Å². The van der Waals surface area contributed by atoms with Crippen molar-refractivity contribution in [2.24, 2.45) is 5.92 Å². The van der Waals surface area contributed by atoms with E-state index < -0.39 is 5.60 Å². The van der Waals surface area contributed by atoms with Crippen LogP contribution in [0.3, 0.4) is 0 Å². The Bertz CT molecular complexity index is 361. The lowest BCUT2D eigenvalue weighted by molar-refractivity contribution is 0.0326. The molecular formula is C14H20BrNO. The molecule has 1 aromatic rings. The summed E-state index contributed by atoms with van der Waals surface area (Å²) in [6.45, 7) is 3.71. The quantitative estimate of drug-likeness (QED) is 0.846. The lowest BCUT2D eigenvalue weighted by Gasteiger charge is -2.28. The van der Waals surface area contributed by atoms with Crippen molar-refractivity contribution in [3.63, 3.8) is 0 Å². The SMILES string of the molecule is CCC(O)(CNCC1CC1)c1ccc(Br)cc1. The Morgan fingerprint density at radius 3 is 2.53 bits per heavy atom. The molecule has 2 nitrogen and oxygen atoms in total. The summed E-state index contributed by atoms with van der Waals surface area (Å²) < 4.78 is 1.05. The fourth-order valence-electron chi connectivity index (χ4n) is 2.00. The maximum atomic E-state index is 10.6. The topological polar surface area (TPSA) is 32.3 Å². The summed E-state index contributed by atoms with van der Waals surface area (Å²) in [5.41, 5.74) is 0.252. The van der Waals surface area contributed by atoms with Gasteiger partial charge in [0.1, 0.15) is 5.60 Å². The predicted octanol–water partition coefficient (Wildman–Crippen LogP) is 3.05. The van der Waals surface area contributed by atoms with E-state index in [0.717, 1.165) is 28.9 Å². The normalized spacial score (nSPS) is 19.0. The van der Waals surface area contributed by atoms with E-state index in [1.165, 1.54) is 12.8 Å². The molecular weight excluding hydrogens is 278 g/mol. The van der Waals surface area contributed by atoms with Crippen LogP contribution in [-0.4, -0.2) is 18.2 Å². The monoisotopic (exact) mass is 297 g/mol. The molecule has 0 aliphatic heterocycles. The first-order valence-corrected chi connectivity index (χ1v) is 7.12. The van der Waals surface area contributed by atoms with Crippen molar-refractivity contribution in [3.05, 3.63) is 34.3 Å². The van der Waals surface area contributed by atoms with Crippen LogP contribution in [0.15, 0.2) is 28.7 Å². The van der Waals surface area contributed by atoms with Gasteiger partial charge in [-0.25, -0.2) is 0 Å². The van der Waals surface area contributed by atoms with E-state index in [0.29, 0.717) is 6.54 Å². The standard InChI is InChI=1S/C14H20BrNO/c1-2-14(17,10-16-9-11-3-4-11)12-5-7-13(15)8-6-12/h5-8,11,16-17H,2-4,9-10H2,1H3. The fraction of sp³-hybridized carbons (Fsp3) is 0.571. The largest absolute Gasteiger partial charge is 0.384 e. The minimum absolute atomic E-state index is 0.641. The van der Waals surface area contributed by atoms with Gasteiger partial charge in [-0.2, -0.15) is 0 Å². The summed E-state index contributed by atoms with van der Waals surface area (Å²) in [6.07, 6.45) is 3.41. The van der Waals surface area contributed by atoms with Crippen molar-refractivity contribution in [2.45, 2.75) is 31.8 Å². The Kier molecular flexibility index (Phi) is 4.23. The van der Waals surface area contributed by atoms with Gasteiger partial charge < -0.3 is 10.4 Å². The molecule has 1 aliphatic carbocycles. The molecule has 1 aromatic carbocycles. The third-order valence-corrected chi connectivity index (χ3v) is 4.04. The van der Waals surface area contributed by atoms with Crippen LogP contribution >= 0.6 is 15.9 Å². The predicted molar refractivity (Wildman–Crippen MR) is 73.9 cm³/mol. The molecule has 0 amide bonds. The van der Waals surface area contributed by atoms with Gasteiger partial charge in [-0.1, -0.05) is 35.0 Å². The van der Waals surface area contributed by atoms with Crippen molar-refractivity contribution in [2.75, 3.05) is 13.1 Å². The van der Waals surface area contributed by atoms with Crippen molar-refractivity contribution in [3.8, 4) is 0 Å². The van der Waals surface area contributed by atoms with Gasteiger partial charge in [0.15, 0.2) is 0 Å². The summed E-state index contributed by atoms with van der Waals surface area (Å²) in [5.74, 6) is 0.848. The average Bonchev–Trinajstić information content (AvgIpc) is 3.14. The summed E-state index contributed by atoms with van der Waals surface area (Å²) in [7, 11) is 0. The third-order valence-electron chi connectivity index (χ3n) is 3.51. The molecule has 2 rings (SSSR count). The maximum Gasteiger partial charge on any atom is 0.102 e. The maximum absolute atomic E-state index is 10.6. The van der Waals surface area contributed by atoms with E-state index in [1.807, 2.05) is 31.2 Å². The first-order chi connectivity index (χ1) is 8.14. The molecule has 2 N–H and O–H groups in total. The van der Waals surface area contributed by atoms with Gasteiger partial charge in [0.2, 0.25) is 0 Å². The summed E-state index contributed by atoms with van der Waals surface area (Å²) in [5, 5.41) is 14.0. The second-order valence-corrected chi connectivity index (χ2v) is 5.88. The molecule has 1 unspecified atom stereocenters. The minimum atomic E-state index is -0.740. The minimum Gasteiger partial charge on any atom is -0.384 e. The van der Waals surface area contributed by atoms with Crippen molar-refractivity contribution in [1.29, 1.82) is 0 Å². The Hall–Kier alpha value is -0.380. The molecule has 0 saturated heterocycles. The van der Waals surface area contributed by atoms with Gasteiger partial charge in [-0.15, -0.1) is 0 Å². The van der Waals surface area contributed by atoms with Crippen LogP contribution in [0.1, 0.15) is 31.7 Å². The molecule has 0 spiro atoms. The number of halogens is 1. The smallest absolute Gasteiger partial charge is 0.102 e. The lowest BCUT2D eigenvalue weighted by atomic mass is 9.91. The summed E-state index contributed by atoms with van der Waals surface area (Å²) in [4.78, 5) is 0. The van der Waals surface area contributed by atoms with Gasteiger partial charge in [-0.05, 0) is 49.4 Å². The van der Waals surface area contributed by atoms with Crippen LogP contribution in [0.4, 0.5) is 0 Å². The first-order valence-electron chi connectivity index (χ1n) is 6.33. The van der Waals surface area contributed by atoms with Gasteiger partial charge in [0.05, 0.1) is 0 Å². The summed E-state index contributed by atoms with van der Waals surface area (Å²) >= 11 is 3.42. The van der Waals surface area contributed by atoms with E-state index in [4.69, 9.17) is 0 Å². The molecule has 17 heavy (non-hydrogen) atoms. The van der Waals surface area contributed by atoms with Crippen molar-refractivity contribution >= 4 is 15.9 Å². The van der Waals surface area contributed by atoms with Crippen LogP contribution in [0, 0.1) is 5.92 Å². The number of rotatable bonds is 6. The molecule has 3 heteroatoms. The molecule has 94 valence electrons. The van der Waals surface area contributed by atoms with Crippen LogP contribution in [0.25, 0.3) is 0 Å². The Balaban J connectivity index is 1.98. The zero-order valence-electron chi connectivity index (χ0n) is 10.2. The van der Waals surface area contributed by atoms with E-state index in [2.05, 4.69) is 21.2 Å².